The minimum absolute atomic E-state index is 0.0625. The van der Waals surface area contributed by atoms with E-state index in [9.17, 15) is 15.0 Å². The number of rotatable bonds is 6. The minimum Gasteiger partial charge on any atom is -0.459 e. The van der Waals surface area contributed by atoms with Gasteiger partial charge in [0.1, 0.15) is 17.8 Å². The summed E-state index contributed by atoms with van der Waals surface area (Å²) < 4.78 is 32.5. The van der Waals surface area contributed by atoms with Crippen molar-refractivity contribution in [3.8, 4) is 0 Å². The van der Waals surface area contributed by atoms with Crippen LogP contribution in [0.5, 0.6) is 0 Å². The lowest BCUT2D eigenvalue weighted by atomic mass is 9.78. The highest BCUT2D eigenvalue weighted by Gasteiger charge is 2.65. The summed E-state index contributed by atoms with van der Waals surface area (Å²) in [4.78, 5) is 20.4. The van der Waals surface area contributed by atoms with Crippen molar-refractivity contribution in [3.63, 3.8) is 0 Å². The quantitative estimate of drug-likeness (QED) is 0.245. The summed E-state index contributed by atoms with van der Waals surface area (Å²) in [5, 5.41) is 22.8. The summed E-state index contributed by atoms with van der Waals surface area (Å²) >= 11 is 0. The molecular formula is C29H50N2O9. The zero-order valence-corrected chi connectivity index (χ0v) is 25.5. The molecule has 0 aromatic heterocycles. The Kier molecular flexibility index (Phi) is 9.14. The van der Waals surface area contributed by atoms with E-state index >= 15 is 0 Å². The number of hydrogen-bond acceptors (Lipinski definition) is 11. The van der Waals surface area contributed by atoms with Crippen molar-refractivity contribution in [1.82, 2.24) is 4.90 Å². The number of cyclic esters (lactones) is 1. The van der Waals surface area contributed by atoms with Gasteiger partial charge >= 0.3 is 5.97 Å². The second kappa shape index (κ2) is 11.5. The largest absolute Gasteiger partial charge is 0.459 e. The Bertz CT molecular complexity index is 964. The molecule has 4 aliphatic rings. The molecular weight excluding hydrogens is 520 g/mol. The maximum atomic E-state index is 13.4. The van der Waals surface area contributed by atoms with Gasteiger partial charge in [-0.3, -0.25) is 9.63 Å². The number of carbonyl (C=O) groups excluding carboxylic acids is 1. The summed E-state index contributed by atoms with van der Waals surface area (Å²) in [6, 6.07) is -0.183. The van der Waals surface area contributed by atoms with Gasteiger partial charge < -0.3 is 38.8 Å². The molecule has 3 saturated heterocycles. The molecule has 0 radical (unpaired) electrons. The van der Waals surface area contributed by atoms with Crippen molar-refractivity contribution in [3.05, 3.63) is 11.6 Å². The lowest BCUT2D eigenvalue weighted by Gasteiger charge is -2.47. The Morgan fingerprint density at radius 2 is 1.80 bits per heavy atom. The number of nitrogens with two attached hydrogens (primary N) is 1. The van der Waals surface area contributed by atoms with E-state index in [0.717, 1.165) is 0 Å². The zero-order chi connectivity index (χ0) is 29.8. The van der Waals surface area contributed by atoms with Gasteiger partial charge in [-0.25, -0.2) is 5.90 Å². The number of nitrogens with zero attached hydrogens (tertiary/aromatic N) is 1. The summed E-state index contributed by atoms with van der Waals surface area (Å²) in [7, 11) is 3.83. The van der Waals surface area contributed by atoms with Crippen LogP contribution in [0.2, 0.25) is 0 Å². The fourth-order valence-corrected chi connectivity index (χ4v) is 7.42. The standard InChI is InChI=1S/C29H50N2O9/c1-10-21-27(6)13-19(14-35-30)29(39-27)15(2)12-28(7,40-29)24(17(4)22(32)18(5)25(34)37-21)38-26-23(33)20(31(8)9)11-16(3)36-26/h13,15-18,20-24,26,32-33H,10-12,14,30H2,1-9H3/t15-,16?,17?,18?,20?,21?,22?,23-,24-,26?,27?,28+,29?/m1/s1. The Morgan fingerprint density at radius 1 is 1.12 bits per heavy atom. The number of esters is 1. The van der Waals surface area contributed by atoms with Gasteiger partial charge in [-0.1, -0.05) is 20.8 Å². The number of carbonyl (C=O) groups is 1. The van der Waals surface area contributed by atoms with Crippen molar-refractivity contribution in [2.45, 2.75) is 128 Å². The topological polar surface area (TPSA) is 142 Å². The summed E-state index contributed by atoms with van der Waals surface area (Å²) in [6.07, 6.45) is -1.06. The van der Waals surface area contributed by atoms with Crippen LogP contribution < -0.4 is 5.90 Å². The van der Waals surface area contributed by atoms with Crippen LogP contribution in [0.15, 0.2) is 11.6 Å². The minimum atomic E-state index is -1.22. The van der Waals surface area contributed by atoms with Gasteiger partial charge in [-0.05, 0) is 67.1 Å². The lowest BCUT2D eigenvalue weighted by molar-refractivity contribution is -0.328. The van der Waals surface area contributed by atoms with Crippen molar-refractivity contribution >= 4 is 5.97 Å². The molecule has 4 aliphatic heterocycles. The summed E-state index contributed by atoms with van der Waals surface area (Å²) in [6.45, 7) is 13.2. The van der Waals surface area contributed by atoms with Crippen LogP contribution in [0.1, 0.15) is 67.7 Å². The van der Waals surface area contributed by atoms with Crippen LogP contribution in [-0.4, -0.2) is 102 Å². The Balaban J connectivity index is 1.80. The summed E-state index contributed by atoms with van der Waals surface area (Å²) in [5.41, 5.74) is -1.31. The first-order chi connectivity index (χ1) is 18.6. The SMILES string of the molecule is CCC1OC(=O)C(C)C(O)C(C)[C@@H](OC2OC(C)CC(N(C)C)[C@H]2O)[C@]2(C)C[C@@H](C)C3(OC1(C)C=C3CON)O2. The van der Waals surface area contributed by atoms with Crippen molar-refractivity contribution in [2.24, 2.45) is 23.7 Å². The molecule has 11 heteroatoms. The van der Waals surface area contributed by atoms with Crippen molar-refractivity contribution in [2.75, 3.05) is 20.7 Å². The number of aliphatic hydroxyl groups excluding tert-OH is 2. The number of likely N-dealkylation sites (N-methyl/N-ethyl adjacent to an activating group) is 1. The molecule has 0 aromatic rings. The van der Waals surface area contributed by atoms with E-state index < -0.39 is 65.5 Å². The number of ether oxygens (including phenoxy) is 5. The molecule has 0 amide bonds. The Morgan fingerprint density at radius 3 is 2.40 bits per heavy atom. The van der Waals surface area contributed by atoms with E-state index in [2.05, 4.69) is 0 Å². The molecule has 4 N–H and O–H groups in total. The maximum Gasteiger partial charge on any atom is 0.311 e. The van der Waals surface area contributed by atoms with Gasteiger partial charge in [-0.15, -0.1) is 0 Å². The first-order valence-corrected chi connectivity index (χ1v) is 14.6. The normalized spacial score (nSPS) is 49.8. The lowest BCUT2D eigenvalue weighted by Crippen LogP contribution is -2.59. The van der Waals surface area contributed by atoms with Crippen LogP contribution in [0.3, 0.4) is 0 Å². The smallest absolute Gasteiger partial charge is 0.311 e. The van der Waals surface area contributed by atoms with E-state index in [0.29, 0.717) is 24.8 Å². The third-order valence-corrected chi connectivity index (χ3v) is 9.59. The van der Waals surface area contributed by atoms with Gasteiger partial charge in [0.25, 0.3) is 0 Å². The van der Waals surface area contributed by atoms with Crippen LogP contribution in [0.25, 0.3) is 0 Å². The predicted octanol–water partition coefficient (Wildman–Crippen LogP) is 1.88. The third-order valence-electron chi connectivity index (χ3n) is 9.59. The van der Waals surface area contributed by atoms with Gasteiger partial charge in [-0.2, -0.15) is 0 Å². The van der Waals surface area contributed by atoms with Gasteiger partial charge in [0.15, 0.2) is 12.1 Å². The van der Waals surface area contributed by atoms with Crippen LogP contribution in [0.4, 0.5) is 0 Å². The van der Waals surface area contributed by atoms with Gasteiger partial charge in [0, 0.05) is 23.5 Å². The Hall–Kier alpha value is -1.15. The molecule has 0 saturated carbocycles. The van der Waals surface area contributed by atoms with Crippen molar-refractivity contribution in [1.29, 1.82) is 0 Å². The molecule has 4 rings (SSSR count). The molecule has 230 valence electrons. The first kappa shape index (κ1) is 31.8. The van der Waals surface area contributed by atoms with Crippen LogP contribution >= 0.6 is 0 Å². The Labute approximate surface area is 238 Å². The average molecular weight is 571 g/mol. The van der Waals surface area contributed by atoms with E-state index in [4.69, 9.17) is 34.4 Å². The number of hydrogen-bond donors (Lipinski definition) is 3. The fourth-order valence-electron chi connectivity index (χ4n) is 7.42. The molecule has 4 heterocycles. The highest BCUT2D eigenvalue weighted by molar-refractivity contribution is 5.73. The summed E-state index contributed by atoms with van der Waals surface area (Å²) in [5.74, 6) is 2.18. The number of aliphatic hydroxyl groups is 2. The van der Waals surface area contributed by atoms with Crippen LogP contribution in [0, 0.1) is 17.8 Å². The highest BCUT2D eigenvalue weighted by atomic mass is 16.8. The molecule has 9 unspecified atom stereocenters. The van der Waals surface area contributed by atoms with Crippen molar-refractivity contribution < 1.29 is 43.5 Å². The van der Waals surface area contributed by atoms with Gasteiger partial charge in [0.05, 0.1) is 36.4 Å². The monoisotopic (exact) mass is 570 g/mol. The van der Waals surface area contributed by atoms with E-state index in [1.54, 1.807) is 6.92 Å². The van der Waals surface area contributed by atoms with E-state index in [-0.39, 0.29) is 24.7 Å². The third kappa shape index (κ3) is 5.38. The second-order valence-electron chi connectivity index (χ2n) is 13.1. The van der Waals surface area contributed by atoms with Gasteiger partial charge in [0.2, 0.25) is 0 Å². The number of fused-ring (bicyclic) bond motifs is 2. The molecule has 3 bridgehead atoms. The van der Waals surface area contributed by atoms with E-state index in [1.165, 1.54) is 0 Å². The molecule has 3 fully saturated rings. The highest BCUT2D eigenvalue weighted by Crippen LogP contribution is 2.56. The molecule has 13 atom stereocenters. The zero-order valence-electron chi connectivity index (χ0n) is 25.5. The molecule has 0 aliphatic carbocycles. The molecule has 11 nitrogen and oxygen atoms in total. The molecule has 40 heavy (non-hydrogen) atoms. The average Bonchev–Trinajstić information content (AvgIpc) is 3.32. The molecule has 0 aromatic carbocycles. The second-order valence-corrected chi connectivity index (χ2v) is 13.1. The van der Waals surface area contributed by atoms with Crippen LogP contribution in [-0.2, 0) is 33.3 Å². The first-order valence-electron chi connectivity index (χ1n) is 14.6. The van der Waals surface area contributed by atoms with E-state index in [1.807, 2.05) is 66.6 Å². The predicted molar refractivity (Wildman–Crippen MR) is 146 cm³/mol. The molecule has 1 spiro atoms. The maximum absolute atomic E-state index is 13.4. The fraction of sp³-hybridized carbons (Fsp3) is 0.897.